The highest BCUT2D eigenvalue weighted by Crippen LogP contribution is 2.43. The van der Waals surface area contributed by atoms with Gasteiger partial charge in [-0.2, -0.15) is 13.2 Å². The minimum atomic E-state index is -4.51. The average Bonchev–Trinajstić information content (AvgIpc) is 3.22. The predicted octanol–water partition coefficient (Wildman–Crippen LogP) is 5.28. The molecule has 0 spiro atoms. The molecule has 29 heavy (non-hydrogen) atoms. The van der Waals surface area contributed by atoms with Gasteiger partial charge in [-0.1, -0.05) is 39.0 Å². The summed E-state index contributed by atoms with van der Waals surface area (Å²) in [6.45, 7) is 4.87. The van der Waals surface area contributed by atoms with Crippen molar-refractivity contribution in [1.29, 1.82) is 0 Å². The Labute approximate surface area is 170 Å². The van der Waals surface area contributed by atoms with Crippen LogP contribution in [-0.4, -0.2) is 21.7 Å². The molecule has 0 radical (unpaired) electrons. The van der Waals surface area contributed by atoms with E-state index in [0.29, 0.717) is 4.88 Å². The van der Waals surface area contributed by atoms with E-state index in [1.165, 1.54) is 28.4 Å². The van der Waals surface area contributed by atoms with Crippen molar-refractivity contribution in [3.63, 3.8) is 0 Å². The second-order valence-corrected chi connectivity index (χ2v) is 8.87. The van der Waals surface area contributed by atoms with Crippen molar-refractivity contribution >= 4 is 23.0 Å². The number of halogens is 3. The zero-order valence-electron chi connectivity index (χ0n) is 16.1. The van der Waals surface area contributed by atoms with Crippen LogP contribution in [0.3, 0.4) is 0 Å². The first-order valence-corrected chi connectivity index (χ1v) is 9.77. The topological polar surface area (TPSA) is 57.6 Å². The Hall–Kier alpha value is -2.61. The van der Waals surface area contributed by atoms with Crippen LogP contribution in [0.5, 0.6) is 0 Å². The number of ketones is 1. The summed E-state index contributed by atoms with van der Waals surface area (Å²) in [6.07, 6.45) is -4.51. The maximum absolute atomic E-state index is 13.0. The first-order chi connectivity index (χ1) is 13.4. The lowest BCUT2D eigenvalue weighted by molar-refractivity contribution is -0.137. The zero-order chi connectivity index (χ0) is 21.6. The van der Waals surface area contributed by atoms with Gasteiger partial charge in [0.25, 0.3) is 5.91 Å². The number of rotatable bonds is 4. The predicted molar refractivity (Wildman–Crippen MR) is 103 cm³/mol. The maximum Gasteiger partial charge on any atom is 0.416 e. The second-order valence-electron chi connectivity index (χ2n) is 7.89. The first kappa shape index (κ1) is 21.1. The number of carbonyl (C=O) groups is 2. The smallest absolute Gasteiger partial charge is 0.416 e. The molecule has 1 unspecified atom stereocenters. The van der Waals surface area contributed by atoms with Crippen LogP contribution >= 0.6 is 11.3 Å². The third-order valence-electron chi connectivity index (χ3n) is 4.65. The second kappa shape index (κ2) is 7.33. The van der Waals surface area contributed by atoms with E-state index < -0.39 is 34.9 Å². The summed E-state index contributed by atoms with van der Waals surface area (Å²) >= 11 is 1.31. The highest BCUT2D eigenvalue weighted by Gasteiger charge is 2.46. The fraction of sp³-hybridized carbons (Fsp3) is 0.333. The van der Waals surface area contributed by atoms with Gasteiger partial charge in [0.2, 0.25) is 0 Å². The van der Waals surface area contributed by atoms with Crippen LogP contribution in [0, 0.1) is 5.41 Å². The van der Waals surface area contributed by atoms with Crippen LogP contribution in [0.25, 0.3) is 0 Å². The van der Waals surface area contributed by atoms with Gasteiger partial charge >= 0.3 is 6.18 Å². The number of carbonyl (C=O) groups excluding carboxylic acids is 2. The van der Waals surface area contributed by atoms with E-state index in [0.717, 1.165) is 12.1 Å². The van der Waals surface area contributed by atoms with Gasteiger partial charge in [-0.15, -0.1) is 11.3 Å². The molecular formula is C21H20F3NO3S. The van der Waals surface area contributed by atoms with E-state index in [-0.39, 0.29) is 23.5 Å². The third-order valence-corrected chi connectivity index (χ3v) is 5.57. The summed E-state index contributed by atoms with van der Waals surface area (Å²) in [7, 11) is 0. The van der Waals surface area contributed by atoms with Gasteiger partial charge in [0.15, 0.2) is 11.5 Å². The Morgan fingerprint density at radius 2 is 1.86 bits per heavy atom. The van der Waals surface area contributed by atoms with Crippen molar-refractivity contribution in [2.75, 3.05) is 0 Å². The quantitative estimate of drug-likeness (QED) is 0.728. The fourth-order valence-electron chi connectivity index (χ4n) is 3.24. The normalized spacial score (nSPS) is 17.9. The number of benzene rings is 1. The van der Waals surface area contributed by atoms with E-state index in [2.05, 4.69) is 0 Å². The van der Waals surface area contributed by atoms with Crippen molar-refractivity contribution in [2.45, 2.75) is 39.5 Å². The van der Waals surface area contributed by atoms with Crippen molar-refractivity contribution < 1.29 is 27.9 Å². The van der Waals surface area contributed by atoms with Gasteiger partial charge < -0.3 is 10.0 Å². The number of hydrogen-bond acceptors (Lipinski definition) is 4. The minimum absolute atomic E-state index is 0.0167. The van der Waals surface area contributed by atoms with Crippen molar-refractivity contribution in [3.05, 3.63) is 69.1 Å². The van der Waals surface area contributed by atoms with Gasteiger partial charge in [0.05, 0.1) is 17.2 Å². The molecule has 1 N–H and O–H groups in total. The SMILES string of the molecule is CC(C)(C)C(=O)C1=C(O)C(=O)N(Cc2cccc(C(F)(F)F)c2)C1c1cccs1. The molecule has 0 fully saturated rings. The van der Waals surface area contributed by atoms with E-state index in [1.807, 2.05) is 0 Å². The molecule has 2 heterocycles. The molecule has 8 heteroatoms. The molecule has 0 bridgehead atoms. The summed E-state index contributed by atoms with van der Waals surface area (Å²) < 4.78 is 39.1. The number of aliphatic hydroxyl groups is 1. The van der Waals surface area contributed by atoms with Gasteiger partial charge in [0, 0.05) is 16.8 Å². The lowest BCUT2D eigenvalue weighted by atomic mass is 9.83. The molecule has 154 valence electrons. The number of nitrogens with zero attached hydrogens (tertiary/aromatic N) is 1. The van der Waals surface area contributed by atoms with E-state index >= 15 is 0 Å². The Bertz CT molecular complexity index is 972. The number of aliphatic hydroxyl groups excluding tert-OH is 1. The number of hydrogen-bond donors (Lipinski definition) is 1. The molecule has 0 aliphatic carbocycles. The maximum atomic E-state index is 13.0. The Morgan fingerprint density at radius 3 is 2.41 bits per heavy atom. The van der Waals surface area contributed by atoms with Crippen LogP contribution in [0.15, 0.2) is 53.1 Å². The lowest BCUT2D eigenvalue weighted by Crippen LogP contribution is -2.32. The van der Waals surface area contributed by atoms with Gasteiger partial charge in [-0.05, 0) is 29.1 Å². The van der Waals surface area contributed by atoms with Gasteiger partial charge in [-0.25, -0.2) is 0 Å². The lowest BCUT2D eigenvalue weighted by Gasteiger charge is -2.28. The number of Topliss-reactive ketones (excluding diaryl/α,β-unsaturated/α-hetero) is 1. The molecule has 1 aromatic heterocycles. The highest BCUT2D eigenvalue weighted by atomic mass is 32.1. The van der Waals surface area contributed by atoms with Crippen LogP contribution in [0.4, 0.5) is 13.2 Å². The summed E-state index contributed by atoms with van der Waals surface area (Å²) in [6, 6.07) is 7.32. The van der Waals surface area contributed by atoms with Crippen molar-refractivity contribution in [2.24, 2.45) is 5.41 Å². The summed E-state index contributed by atoms with van der Waals surface area (Å²) in [5, 5.41) is 12.3. The Kier molecular flexibility index (Phi) is 5.34. The molecule has 2 aromatic rings. The zero-order valence-corrected chi connectivity index (χ0v) is 16.9. The largest absolute Gasteiger partial charge is 0.503 e. The van der Waals surface area contributed by atoms with Crippen LogP contribution in [0.2, 0.25) is 0 Å². The molecule has 4 nitrogen and oxygen atoms in total. The van der Waals surface area contributed by atoms with Crippen molar-refractivity contribution in [1.82, 2.24) is 4.90 Å². The number of amides is 1. The van der Waals surface area contributed by atoms with E-state index in [4.69, 9.17) is 0 Å². The van der Waals surface area contributed by atoms with Gasteiger partial charge in [0.1, 0.15) is 0 Å². The molecule has 3 rings (SSSR count). The van der Waals surface area contributed by atoms with E-state index in [9.17, 15) is 27.9 Å². The third kappa shape index (κ3) is 4.07. The summed E-state index contributed by atoms with van der Waals surface area (Å²) in [5.41, 5.74) is -1.42. The highest BCUT2D eigenvalue weighted by molar-refractivity contribution is 7.10. The number of alkyl halides is 3. The molecule has 1 atom stereocenters. The first-order valence-electron chi connectivity index (χ1n) is 8.89. The van der Waals surface area contributed by atoms with Crippen LogP contribution < -0.4 is 0 Å². The van der Waals surface area contributed by atoms with E-state index in [1.54, 1.807) is 38.3 Å². The molecule has 1 amide bonds. The molecule has 1 aliphatic rings. The molecule has 1 aliphatic heterocycles. The molecule has 0 saturated carbocycles. The Morgan fingerprint density at radius 1 is 1.17 bits per heavy atom. The molecule has 1 aromatic carbocycles. The fourth-order valence-corrected chi connectivity index (χ4v) is 4.08. The summed E-state index contributed by atoms with van der Waals surface area (Å²) in [5.74, 6) is -1.79. The average molecular weight is 423 g/mol. The monoisotopic (exact) mass is 423 g/mol. The standard InChI is InChI=1S/C21H20F3NO3S/c1-20(2,3)18(27)15-16(14-8-5-9-29-14)25(19(28)17(15)26)11-12-6-4-7-13(10-12)21(22,23)24/h4-10,16,26H,11H2,1-3H3. The van der Waals surface area contributed by atoms with Crippen LogP contribution in [0.1, 0.15) is 42.8 Å². The van der Waals surface area contributed by atoms with Gasteiger partial charge in [-0.3, -0.25) is 9.59 Å². The van der Waals surface area contributed by atoms with Crippen molar-refractivity contribution in [3.8, 4) is 0 Å². The summed E-state index contributed by atoms with van der Waals surface area (Å²) in [4.78, 5) is 27.7. The molecular weight excluding hydrogens is 403 g/mol. The minimum Gasteiger partial charge on any atom is -0.503 e. The molecule has 0 saturated heterocycles. The Balaban J connectivity index is 2.03. The van der Waals surface area contributed by atoms with Crippen LogP contribution in [-0.2, 0) is 22.3 Å². The number of thiophene rings is 1.